The summed E-state index contributed by atoms with van der Waals surface area (Å²) in [7, 11) is 0. The summed E-state index contributed by atoms with van der Waals surface area (Å²) in [5.41, 5.74) is 3.90. The molecule has 0 spiro atoms. The molecule has 0 amide bonds. The number of benzene rings is 1. The van der Waals surface area contributed by atoms with Gasteiger partial charge in [-0.05, 0) is 69.6 Å². The first-order valence-corrected chi connectivity index (χ1v) is 8.68. The summed E-state index contributed by atoms with van der Waals surface area (Å²) in [6.07, 6.45) is 7.20. The summed E-state index contributed by atoms with van der Waals surface area (Å²) in [5.74, 6) is 0.538. The van der Waals surface area contributed by atoms with Crippen molar-refractivity contribution in [3.63, 3.8) is 0 Å². The van der Waals surface area contributed by atoms with Crippen LogP contribution in [0.4, 0.5) is 0 Å². The number of hydrogen-bond acceptors (Lipinski definition) is 3. The van der Waals surface area contributed by atoms with Gasteiger partial charge < -0.3 is 10.2 Å². The number of aryl methyl sites for hydroxylation is 1. The van der Waals surface area contributed by atoms with E-state index in [1.165, 1.54) is 5.57 Å². The number of nitriles is 1. The molecule has 3 heteroatoms. The Bertz CT molecular complexity index is 659. The highest BCUT2D eigenvalue weighted by Crippen LogP contribution is 2.46. The summed E-state index contributed by atoms with van der Waals surface area (Å²) in [5, 5.41) is 29.7. The predicted octanol–water partition coefficient (Wildman–Crippen LogP) is 5.35. The Morgan fingerprint density at radius 2 is 1.96 bits per heavy atom. The number of phenolic OH excluding ortho intramolecular Hbond substituents is 2. The van der Waals surface area contributed by atoms with E-state index >= 15 is 0 Å². The third-order valence-electron chi connectivity index (χ3n) is 4.91. The van der Waals surface area contributed by atoms with Crippen LogP contribution in [0.2, 0.25) is 0 Å². The average molecular weight is 325 g/mol. The molecule has 0 saturated heterocycles. The van der Waals surface area contributed by atoms with E-state index in [0.29, 0.717) is 12.0 Å². The van der Waals surface area contributed by atoms with Gasteiger partial charge in [0, 0.05) is 17.9 Å². The van der Waals surface area contributed by atoms with Crippen LogP contribution in [-0.4, -0.2) is 10.2 Å². The minimum Gasteiger partial charge on any atom is -0.507 e. The van der Waals surface area contributed by atoms with Crippen molar-refractivity contribution in [3.05, 3.63) is 47.1 Å². The molecule has 0 heterocycles. The zero-order valence-corrected chi connectivity index (χ0v) is 14.7. The lowest BCUT2D eigenvalue weighted by Crippen LogP contribution is -2.17. The third kappa shape index (κ3) is 4.20. The second-order valence-electron chi connectivity index (χ2n) is 6.94. The molecule has 0 saturated carbocycles. The van der Waals surface area contributed by atoms with Gasteiger partial charge in [0.2, 0.25) is 0 Å². The maximum absolute atomic E-state index is 10.5. The molecule has 0 bridgehead atoms. The smallest absolute Gasteiger partial charge is 0.123 e. The highest BCUT2D eigenvalue weighted by atomic mass is 16.3. The van der Waals surface area contributed by atoms with Crippen molar-refractivity contribution >= 4 is 0 Å². The molecule has 2 atom stereocenters. The topological polar surface area (TPSA) is 64.2 Å². The summed E-state index contributed by atoms with van der Waals surface area (Å²) in [6.45, 7) is 8.21. The first kappa shape index (κ1) is 18.1. The van der Waals surface area contributed by atoms with Gasteiger partial charge in [0.15, 0.2) is 0 Å². The lowest BCUT2D eigenvalue weighted by Gasteiger charge is -2.31. The van der Waals surface area contributed by atoms with Gasteiger partial charge in [-0.2, -0.15) is 5.26 Å². The van der Waals surface area contributed by atoms with Crippen LogP contribution in [-0.2, 0) is 6.42 Å². The Morgan fingerprint density at radius 1 is 1.29 bits per heavy atom. The first-order chi connectivity index (χ1) is 11.4. The molecule has 0 unspecified atom stereocenters. The zero-order valence-electron chi connectivity index (χ0n) is 14.7. The van der Waals surface area contributed by atoms with E-state index < -0.39 is 0 Å². The van der Waals surface area contributed by atoms with Gasteiger partial charge in [0.25, 0.3) is 0 Å². The number of phenols is 2. The normalized spacial score (nSPS) is 20.3. The van der Waals surface area contributed by atoms with Crippen LogP contribution >= 0.6 is 0 Å². The lowest BCUT2D eigenvalue weighted by molar-refractivity contribution is 0.406. The molecule has 1 aromatic rings. The van der Waals surface area contributed by atoms with Crippen molar-refractivity contribution in [1.29, 1.82) is 5.26 Å². The molecule has 2 N–H and O–H groups in total. The third-order valence-corrected chi connectivity index (χ3v) is 4.91. The van der Waals surface area contributed by atoms with Gasteiger partial charge in [-0.15, -0.1) is 0 Å². The van der Waals surface area contributed by atoms with Crippen LogP contribution < -0.4 is 0 Å². The number of hydrogen-bond donors (Lipinski definition) is 2. The number of aromatic hydroxyl groups is 2. The quantitative estimate of drug-likeness (QED) is 0.547. The molecule has 24 heavy (non-hydrogen) atoms. The van der Waals surface area contributed by atoms with Crippen LogP contribution in [0, 0.1) is 17.2 Å². The molecule has 128 valence electrons. The summed E-state index contributed by atoms with van der Waals surface area (Å²) in [6, 6.07) is 5.65. The van der Waals surface area contributed by atoms with Crippen molar-refractivity contribution in [2.45, 2.75) is 58.3 Å². The second-order valence-corrected chi connectivity index (χ2v) is 6.94. The van der Waals surface area contributed by atoms with Crippen molar-refractivity contribution in [2.24, 2.45) is 5.92 Å². The van der Waals surface area contributed by atoms with E-state index in [1.807, 2.05) is 6.92 Å². The summed E-state index contributed by atoms with van der Waals surface area (Å²) < 4.78 is 0. The van der Waals surface area contributed by atoms with Crippen LogP contribution in [0.1, 0.15) is 63.0 Å². The Morgan fingerprint density at radius 3 is 2.54 bits per heavy atom. The Kier molecular flexibility index (Phi) is 6.09. The first-order valence-electron chi connectivity index (χ1n) is 8.68. The Labute approximate surface area is 145 Å². The summed E-state index contributed by atoms with van der Waals surface area (Å²) >= 11 is 0. The standard InChI is InChI=1S/C21H27NO2/c1-14(2)17-9-8-15(3)11-18(17)21-19(23)12-16(13-20(21)24)7-5-4-6-10-22/h11-13,17-18,23-24H,1,4-9H2,2-3H3/t17-,18+/m0/s1. The van der Waals surface area contributed by atoms with E-state index in [4.69, 9.17) is 5.26 Å². The highest BCUT2D eigenvalue weighted by Gasteiger charge is 2.30. The Hall–Kier alpha value is -2.21. The fourth-order valence-corrected chi connectivity index (χ4v) is 3.60. The molecule has 1 aliphatic rings. The molecule has 0 aromatic heterocycles. The van der Waals surface area contributed by atoms with Crippen LogP contribution in [0.15, 0.2) is 35.9 Å². The van der Waals surface area contributed by atoms with Gasteiger partial charge in [-0.25, -0.2) is 0 Å². The monoisotopic (exact) mass is 325 g/mol. The lowest BCUT2D eigenvalue weighted by atomic mass is 9.73. The number of nitrogens with zero attached hydrogens (tertiary/aromatic N) is 1. The van der Waals surface area contributed by atoms with Crippen LogP contribution in [0.5, 0.6) is 11.5 Å². The minimum absolute atomic E-state index is 0.0242. The maximum Gasteiger partial charge on any atom is 0.123 e. The van der Waals surface area contributed by atoms with Gasteiger partial charge >= 0.3 is 0 Å². The van der Waals surface area contributed by atoms with Crippen LogP contribution in [0.3, 0.4) is 0 Å². The predicted molar refractivity (Wildman–Crippen MR) is 97.0 cm³/mol. The number of rotatable bonds is 6. The molecule has 0 aliphatic heterocycles. The fraction of sp³-hybridized carbons (Fsp3) is 0.476. The average Bonchev–Trinajstić information content (AvgIpc) is 2.51. The number of unbranched alkanes of at least 4 members (excludes halogenated alkanes) is 2. The van der Waals surface area contributed by atoms with Crippen molar-refractivity contribution < 1.29 is 10.2 Å². The minimum atomic E-state index is -0.0242. The van der Waals surface area contributed by atoms with Gasteiger partial charge in [0.05, 0.1) is 6.07 Å². The van der Waals surface area contributed by atoms with Crippen LogP contribution in [0.25, 0.3) is 0 Å². The zero-order chi connectivity index (χ0) is 17.7. The molecule has 0 fully saturated rings. The van der Waals surface area contributed by atoms with Crippen molar-refractivity contribution in [2.75, 3.05) is 0 Å². The van der Waals surface area contributed by atoms with Gasteiger partial charge in [-0.1, -0.05) is 23.8 Å². The maximum atomic E-state index is 10.5. The Balaban J connectivity index is 2.28. The van der Waals surface area contributed by atoms with E-state index in [-0.39, 0.29) is 23.3 Å². The van der Waals surface area contributed by atoms with E-state index in [0.717, 1.165) is 43.2 Å². The molecule has 1 aromatic carbocycles. The number of allylic oxidation sites excluding steroid dienone is 3. The molecule has 3 nitrogen and oxygen atoms in total. The van der Waals surface area contributed by atoms with Gasteiger partial charge in [0.1, 0.15) is 11.5 Å². The SMILES string of the molecule is C=C(C)[C@@H]1CCC(C)=C[C@H]1c1c(O)cc(CCCCC#N)cc1O. The summed E-state index contributed by atoms with van der Waals surface area (Å²) in [4.78, 5) is 0. The molecule has 0 radical (unpaired) electrons. The molecular formula is C21H27NO2. The molecule has 2 rings (SSSR count). The largest absolute Gasteiger partial charge is 0.507 e. The fourth-order valence-electron chi connectivity index (χ4n) is 3.60. The van der Waals surface area contributed by atoms with Crippen molar-refractivity contribution in [3.8, 4) is 17.6 Å². The molecule has 1 aliphatic carbocycles. The second kappa shape index (κ2) is 8.06. The van der Waals surface area contributed by atoms with E-state index in [1.54, 1.807) is 12.1 Å². The van der Waals surface area contributed by atoms with Crippen molar-refractivity contribution in [1.82, 2.24) is 0 Å². The molecular weight excluding hydrogens is 298 g/mol. The van der Waals surface area contributed by atoms with E-state index in [9.17, 15) is 10.2 Å². The highest BCUT2D eigenvalue weighted by molar-refractivity contribution is 5.51. The van der Waals surface area contributed by atoms with E-state index in [2.05, 4.69) is 25.6 Å². The van der Waals surface area contributed by atoms with Gasteiger partial charge in [-0.3, -0.25) is 0 Å².